The molecule has 0 bridgehead atoms. The normalized spacial score (nSPS) is 38.2. The summed E-state index contributed by atoms with van der Waals surface area (Å²) in [4.78, 5) is 12.4. The number of carbonyl (C=O) groups excluding carboxylic acids is 1. The average molecular weight is 373 g/mol. The standard InChI is InChI=1S/C23H32O4/c1-5-6-7-8-9-11-19(24)27-18-14-17-15-26-16-23(17,25)22(4)13-10-12-21(2,3)20(18)22/h5-9,11,14,18,20,25H,10,12-13,15-16H2,1-4H3/b6-5+,8-7+,11-9+/t18-,20?,22+,23-/m1/s1. The first kappa shape index (κ1) is 20.1. The molecule has 0 radical (unpaired) electrons. The second kappa shape index (κ2) is 7.40. The van der Waals surface area contributed by atoms with Gasteiger partial charge in [0.1, 0.15) is 11.7 Å². The number of hydrogen-bond acceptors (Lipinski definition) is 4. The molecule has 1 heterocycles. The van der Waals surface area contributed by atoms with E-state index in [-0.39, 0.29) is 28.8 Å². The van der Waals surface area contributed by atoms with Crippen LogP contribution in [0.2, 0.25) is 0 Å². The van der Waals surface area contributed by atoms with Crippen LogP contribution in [0, 0.1) is 16.7 Å². The lowest BCUT2D eigenvalue weighted by molar-refractivity contribution is -0.186. The maximum Gasteiger partial charge on any atom is 0.331 e. The number of fused-ring (bicyclic) bond motifs is 3. The zero-order valence-corrected chi connectivity index (χ0v) is 16.9. The molecule has 0 aromatic rings. The van der Waals surface area contributed by atoms with Crippen LogP contribution in [0.1, 0.15) is 47.0 Å². The van der Waals surface area contributed by atoms with Crippen molar-refractivity contribution in [3.05, 3.63) is 48.1 Å². The van der Waals surface area contributed by atoms with E-state index in [1.54, 1.807) is 12.2 Å². The lowest BCUT2D eigenvalue weighted by atomic mass is 9.46. The third-order valence-electron chi connectivity index (χ3n) is 6.79. The fraction of sp³-hybridized carbons (Fsp3) is 0.609. The van der Waals surface area contributed by atoms with Crippen LogP contribution >= 0.6 is 0 Å². The molecule has 3 aliphatic rings. The molecule has 1 aliphatic heterocycles. The molecule has 148 valence electrons. The summed E-state index contributed by atoms with van der Waals surface area (Å²) in [6.45, 7) is 9.28. The van der Waals surface area contributed by atoms with E-state index in [4.69, 9.17) is 9.47 Å². The van der Waals surface area contributed by atoms with Crippen LogP contribution < -0.4 is 0 Å². The Morgan fingerprint density at radius 1 is 1.22 bits per heavy atom. The van der Waals surface area contributed by atoms with Gasteiger partial charge in [-0.25, -0.2) is 4.79 Å². The predicted molar refractivity (Wildman–Crippen MR) is 106 cm³/mol. The Morgan fingerprint density at radius 3 is 2.70 bits per heavy atom. The molecule has 0 aromatic heterocycles. The van der Waals surface area contributed by atoms with Gasteiger partial charge in [0.15, 0.2) is 0 Å². The Labute approximate surface area is 162 Å². The Morgan fingerprint density at radius 2 is 1.96 bits per heavy atom. The molecule has 4 heteroatoms. The van der Waals surface area contributed by atoms with Crippen molar-refractivity contribution in [2.24, 2.45) is 16.7 Å². The van der Waals surface area contributed by atoms with E-state index < -0.39 is 5.60 Å². The van der Waals surface area contributed by atoms with Gasteiger partial charge in [-0.1, -0.05) is 57.6 Å². The lowest BCUT2D eigenvalue weighted by Gasteiger charge is -2.60. The number of rotatable bonds is 4. The summed E-state index contributed by atoms with van der Waals surface area (Å²) < 4.78 is 11.5. The third-order valence-corrected chi connectivity index (χ3v) is 6.79. The van der Waals surface area contributed by atoms with Crippen molar-refractivity contribution in [3.8, 4) is 0 Å². The quantitative estimate of drug-likeness (QED) is 0.349. The minimum absolute atomic E-state index is 0.0339. The van der Waals surface area contributed by atoms with E-state index in [1.165, 1.54) is 6.08 Å². The molecule has 3 rings (SSSR count). The van der Waals surface area contributed by atoms with Gasteiger partial charge in [-0.05, 0) is 36.8 Å². The molecule has 4 nitrogen and oxygen atoms in total. The Bertz CT molecular complexity index is 699. The van der Waals surface area contributed by atoms with Crippen LogP contribution in [0.25, 0.3) is 0 Å². The van der Waals surface area contributed by atoms with Crippen LogP contribution in [0.5, 0.6) is 0 Å². The monoisotopic (exact) mass is 372 g/mol. The molecule has 1 unspecified atom stereocenters. The molecular weight excluding hydrogens is 340 g/mol. The maximum absolute atomic E-state index is 12.4. The van der Waals surface area contributed by atoms with Gasteiger partial charge in [0, 0.05) is 17.4 Å². The van der Waals surface area contributed by atoms with E-state index in [9.17, 15) is 9.90 Å². The summed E-state index contributed by atoms with van der Waals surface area (Å²) in [6, 6.07) is 0. The van der Waals surface area contributed by atoms with Crippen LogP contribution in [-0.4, -0.2) is 36.0 Å². The Balaban J connectivity index is 1.88. The molecule has 0 spiro atoms. The number of hydrogen-bond donors (Lipinski definition) is 1. The van der Waals surface area contributed by atoms with Crippen LogP contribution in [0.15, 0.2) is 48.1 Å². The minimum atomic E-state index is -0.955. The highest BCUT2D eigenvalue weighted by Crippen LogP contribution is 2.62. The van der Waals surface area contributed by atoms with Gasteiger partial charge in [-0.15, -0.1) is 0 Å². The smallest absolute Gasteiger partial charge is 0.331 e. The SMILES string of the molecule is C/C=C/C=C/C=C/C(=O)O[C@@H]1C=C2COC[C@]2(O)[C@@]2(C)CCCC(C)(C)C12. The minimum Gasteiger partial charge on any atom is -0.455 e. The molecule has 0 amide bonds. The number of allylic oxidation sites excluding steroid dienone is 5. The molecular formula is C23H32O4. The van der Waals surface area contributed by atoms with E-state index in [0.29, 0.717) is 13.2 Å². The first-order chi connectivity index (χ1) is 12.7. The van der Waals surface area contributed by atoms with Crippen LogP contribution in [0.4, 0.5) is 0 Å². The number of esters is 1. The first-order valence-corrected chi connectivity index (χ1v) is 9.92. The van der Waals surface area contributed by atoms with E-state index >= 15 is 0 Å². The summed E-state index contributed by atoms with van der Waals surface area (Å²) in [7, 11) is 0. The number of aliphatic hydroxyl groups is 1. The molecule has 0 aromatic carbocycles. The first-order valence-electron chi connectivity index (χ1n) is 9.92. The fourth-order valence-corrected chi connectivity index (χ4v) is 5.54. The highest BCUT2D eigenvalue weighted by atomic mass is 16.5. The highest BCUT2D eigenvalue weighted by molar-refractivity contribution is 5.82. The van der Waals surface area contributed by atoms with E-state index in [0.717, 1.165) is 24.8 Å². The summed E-state index contributed by atoms with van der Waals surface area (Å²) in [5.41, 5.74) is -0.485. The zero-order chi connectivity index (χ0) is 19.7. The molecule has 27 heavy (non-hydrogen) atoms. The molecule has 1 saturated carbocycles. The zero-order valence-electron chi connectivity index (χ0n) is 16.9. The highest BCUT2D eigenvalue weighted by Gasteiger charge is 2.65. The lowest BCUT2D eigenvalue weighted by Crippen LogP contribution is -2.63. The van der Waals surface area contributed by atoms with Gasteiger partial charge in [-0.3, -0.25) is 0 Å². The fourth-order valence-electron chi connectivity index (χ4n) is 5.54. The van der Waals surface area contributed by atoms with Gasteiger partial charge >= 0.3 is 5.97 Å². The van der Waals surface area contributed by atoms with Crippen LogP contribution in [0.3, 0.4) is 0 Å². The Kier molecular flexibility index (Phi) is 5.51. The van der Waals surface area contributed by atoms with Crippen molar-refractivity contribution >= 4 is 5.97 Å². The van der Waals surface area contributed by atoms with Crippen molar-refractivity contribution in [2.75, 3.05) is 13.2 Å². The van der Waals surface area contributed by atoms with Crippen molar-refractivity contribution in [2.45, 2.75) is 58.7 Å². The van der Waals surface area contributed by atoms with Gasteiger partial charge in [-0.2, -0.15) is 0 Å². The molecule has 2 aliphatic carbocycles. The largest absolute Gasteiger partial charge is 0.455 e. The van der Waals surface area contributed by atoms with E-state index in [2.05, 4.69) is 20.8 Å². The topological polar surface area (TPSA) is 55.8 Å². The van der Waals surface area contributed by atoms with Gasteiger partial charge < -0.3 is 14.6 Å². The Hall–Kier alpha value is -1.65. The van der Waals surface area contributed by atoms with Crippen LogP contribution in [-0.2, 0) is 14.3 Å². The number of ether oxygens (including phenoxy) is 2. The van der Waals surface area contributed by atoms with Gasteiger partial charge in [0.2, 0.25) is 0 Å². The average Bonchev–Trinajstić information content (AvgIpc) is 2.96. The molecule has 1 N–H and O–H groups in total. The second-order valence-corrected chi connectivity index (χ2v) is 8.95. The molecule has 4 atom stereocenters. The van der Waals surface area contributed by atoms with Gasteiger partial charge in [0.05, 0.1) is 13.2 Å². The van der Waals surface area contributed by atoms with E-state index in [1.807, 2.05) is 31.2 Å². The van der Waals surface area contributed by atoms with Gasteiger partial charge in [0.25, 0.3) is 0 Å². The van der Waals surface area contributed by atoms with Crippen molar-refractivity contribution in [1.82, 2.24) is 0 Å². The predicted octanol–water partition coefficient (Wildman–Crippen LogP) is 4.12. The summed E-state index contributed by atoms with van der Waals surface area (Å²) in [6.07, 6.45) is 15.3. The second-order valence-electron chi connectivity index (χ2n) is 8.95. The molecule has 1 saturated heterocycles. The maximum atomic E-state index is 12.4. The summed E-state index contributed by atoms with van der Waals surface area (Å²) in [5.74, 6) is -0.305. The van der Waals surface area contributed by atoms with Crippen molar-refractivity contribution < 1.29 is 19.4 Å². The summed E-state index contributed by atoms with van der Waals surface area (Å²) >= 11 is 0. The molecule has 2 fully saturated rings. The number of carbonyl (C=O) groups is 1. The van der Waals surface area contributed by atoms with Crippen molar-refractivity contribution in [3.63, 3.8) is 0 Å². The van der Waals surface area contributed by atoms with Crippen molar-refractivity contribution in [1.29, 1.82) is 0 Å². The third kappa shape index (κ3) is 3.45. The summed E-state index contributed by atoms with van der Waals surface area (Å²) in [5, 5.41) is 11.5.